The van der Waals surface area contributed by atoms with E-state index >= 15 is 0 Å². The second-order valence-corrected chi connectivity index (χ2v) is 10.2. The van der Waals surface area contributed by atoms with Gasteiger partial charge in [0.25, 0.3) is 0 Å². The van der Waals surface area contributed by atoms with Crippen LogP contribution in [-0.2, 0) is 10.2 Å². The highest BCUT2D eigenvalue weighted by Gasteiger charge is 2.20. The lowest BCUT2D eigenvalue weighted by Gasteiger charge is -2.26. The first-order chi connectivity index (χ1) is 18.8. The molecule has 0 radical (unpaired) electrons. The van der Waals surface area contributed by atoms with E-state index in [0.717, 1.165) is 44.2 Å². The molecule has 2 N–H and O–H groups in total. The number of morpholine rings is 1. The Morgan fingerprint density at radius 2 is 1.79 bits per heavy atom. The van der Waals surface area contributed by atoms with Crippen LogP contribution in [0.2, 0.25) is 0 Å². The van der Waals surface area contributed by atoms with Crippen LogP contribution in [0.4, 0.5) is 16.4 Å². The van der Waals surface area contributed by atoms with Crippen LogP contribution in [0.1, 0.15) is 37.7 Å². The molecule has 202 valence electrons. The Morgan fingerprint density at radius 3 is 2.54 bits per heavy atom. The summed E-state index contributed by atoms with van der Waals surface area (Å²) in [4.78, 5) is 19.1. The zero-order valence-electron chi connectivity index (χ0n) is 22.2. The van der Waals surface area contributed by atoms with Crippen LogP contribution in [0.5, 0.6) is 5.75 Å². The summed E-state index contributed by atoms with van der Waals surface area (Å²) in [6.07, 6.45) is 3.27. The molecule has 0 spiro atoms. The van der Waals surface area contributed by atoms with E-state index in [9.17, 15) is 4.79 Å². The van der Waals surface area contributed by atoms with E-state index in [1.807, 2.05) is 45.0 Å². The third kappa shape index (κ3) is 7.13. The molecule has 1 aliphatic heterocycles. The average molecular weight is 530 g/mol. The first kappa shape index (κ1) is 26.2. The third-order valence-corrected chi connectivity index (χ3v) is 6.04. The summed E-state index contributed by atoms with van der Waals surface area (Å²) in [5, 5.41) is 13.6. The van der Waals surface area contributed by atoms with Gasteiger partial charge in [-0.05, 0) is 24.3 Å². The number of imidazole rings is 1. The predicted octanol–water partition coefficient (Wildman–Crippen LogP) is 3.77. The first-order valence-corrected chi connectivity index (χ1v) is 12.8. The van der Waals surface area contributed by atoms with E-state index in [1.165, 1.54) is 0 Å². The second kappa shape index (κ2) is 11.6. The number of urea groups is 1. The third-order valence-electron chi connectivity index (χ3n) is 6.04. The van der Waals surface area contributed by atoms with Crippen LogP contribution in [0.3, 0.4) is 0 Å². The minimum Gasteiger partial charge on any atom is -0.492 e. The molecule has 11 nitrogen and oxygen atoms in total. The molecular formula is C28H31N7O4. The van der Waals surface area contributed by atoms with Crippen molar-refractivity contribution < 1.29 is 18.8 Å². The van der Waals surface area contributed by atoms with Crippen LogP contribution in [-0.4, -0.2) is 70.1 Å². The number of aromatic nitrogens is 4. The number of ether oxygens (including phenoxy) is 2. The number of hydrogen-bond acceptors (Lipinski definition) is 8. The van der Waals surface area contributed by atoms with Gasteiger partial charge >= 0.3 is 6.03 Å². The Bertz CT molecular complexity index is 1490. The highest BCUT2D eigenvalue weighted by Crippen LogP contribution is 2.24. The van der Waals surface area contributed by atoms with Gasteiger partial charge in [-0.25, -0.2) is 14.3 Å². The van der Waals surface area contributed by atoms with Crippen molar-refractivity contribution in [2.24, 2.45) is 0 Å². The van der Waals surface area contributed by atoms with Crippen molar-refractivity contribution in [1.29, 1.82) is 0 Å². The van der Waals surface area contributed by atoms with E-state index in [-0.39, 0.29) is 5.41 Å². The maximum atomic E-state index is 12.4. The number of fused-ring (bicyclic) bond motifs is 1. The van der Waals surface area contributed by atoms with E-state index < -0.39 is 6.03 Å². The highest BCUT2D eigenvalue weighted by atomic mass is 16.5. The molecule has 1 aliphatic rings. The summed E-state index contributed by atoms with van der Waals surface area (Å²) >= 11 is 0. The van der Waals surface area contributed by atoms with Gasteiger partial charge in [0.1, 0.15) is 18.1 Å². The zero-order chi connectivity index (χ0) is 27.2. The van der Waals surface area contributed by atoms with Gasteiger partial charge in [-0.3, -0.25) is 15.5 Å². The Morgan fingerprint density at radius 1 is 1.05 bits per heavy atom. The Balaban J connectivity index is 1.15. The zero-order valence-corrected chi connectivity index (χ0v) is 22.2. The number of carbonyl (C=O) groups excluding carboxylic acids is 1. The monoisotopic (exact) mass is 529 g/mol. The lowest BCUT2D eigenvalue weighted by molar-refractivity contribution is 0.0322. The normalized spacial score (nSPS) is 14.0. The molecule has 0 aliphatic carbocycles. The minimum atomic E-state index is -0.485. The number of nitrogens with one attached hydrogen (secondary N) is 2. The van der Waals surface area contributed by atoms with Gasteiger partial charge in [0.15, 0.2) is 17.3 Å². The summed E-state index contributed by atoms with van der Waals surface area (Å²) in [6.45, 7) is 11.0. The molecule has 0 atom stereocenters. The van der Waals surface area contributed by atoms with Gasteiger partial charge in [0.2, 0.25) is 0 Å². The lowest BCUT2D eigenvalue weighted by atomic mass is 9.93. The largest absolute Gasteiger partial charge is 0.492 e. The molecule has 0 saturated carbocycles. The van der Waals surface area contributed by atoms with Gasteiger partial charge in [-0.1, -0.05) is 37.8 Å². The van der Waals surface area contributed by atoms with Crippen molar-refractivity contribution in [3.05, 3.63) is 65.7 Å². The quantitative estimate of drug-likeness (QED) is 0.363. The van der Waals surface area contributed by atoms with Crippen molar-refractivity contribution in [2.45, 2.75) is 26.2 Å². The fourth-order valence-electron chi connectivity index (χ4n) is 3.85. The molecule has 4 aromatic rings. The molecule has 39 heavy (non-hydrogen) atoms. The van der Waals surface area contributed by atoms with E-state index in [1.54, 1.807) is 29.0 Å². The van der Waals surface area contributed by atoms with Crippen molar-refractivity contribution in [2.75, 3.05) is 50.1 Å². The SMILES string of the molecule is CC(C)(C)c1cc(NC(=O)Nc2cn3ncc(C#Cc4ccc(OCCN5CCOCC5)cc4)cc3n2)no1. The Hall–Kier alpha value is -4.40. The topological polar surface area (TPSA) is 119 Å². The molecule has 1 aromatic carbocycles. The number of carbonyl (C=O) groups is 1. The number of nitrogens with zero attached hydrogens (tertiary/aromatic N) is 5. The summed E-state index contributed by atoms with van der Waals surface area (Å²) in [6, 6.07) is 10.7. The van der Waals surface area contributed by atoms with Crippen LogP contribution in [0.25, 0.3) is 5.65 Å². The van der Waals surface area contributed by atoms with Gasteiger partial charge < -0.3 is 14.0 Å². The number of amides is 2. The lowest BCUT2D eigenvalue weighted by Crippen LogP contribution is -2.38. The molecule has 3 aromatic heterocycles. The summed E-state index contributed by atoms with van der Waals surface area (Å²) in [7, 11) is 0. The summed E-state index contributed by atoms with van der Waals surface area (Å²) in [5.41, 5.74) is 1.91. The summed E-state index contributed by atoms with van der Waals surface area (Å²) < 4.78 is 18.1. The van der Waals surface area contributed by atoms with Crippen molar-refractivity contribution in [3.8, 4) is 17.6 Å². The van der Waals surface area contributed by atoms with E-state index in [4.69, 9.17) is 14.0 Å². The van der Waals surface area contributed by atoms with Crippen LogP contribution in [0, 0.1) is 11.8 Å². The predicted molar refractivity (Wildman–Crippen MR) is 146 cm³/mol. The standard InChI is InChI=1S/C28H31N7O4/c1-28(2,3)23-17-24(33-39-23)31-27(36)32-25-19-35-26(30-25)16-21(18-29-35)5-4-20-6-8-22(9-7-20)38-15-12-34-10-13-37-14-11-34/h6-9,16-19H,10-15H2,1-3H3,(H2,31,32,33,36). The van der Waals surface area contributed by atoms with Gasteiger partial charge in [0, 0.05) is 48.3 Å². The van der Waals surface area contributed by atoms with E-state index in [0.29, 0.717) is 35.2 Å². The first-order valence-electron chi connectivity index (χ1n) is 12.8. The van der Waals surface area contributed by atoms with Gasteiger partial charge in [-0.2, -0.15) is 5.10 Å². The molecule has 4 heterocycles. The van der Waals surface area contributed by atoms with E-state index in [2.05, 4.69) is 42.6 Å². The highest BCUT2D eigenvalue weighted by molar-refractivity contribution is 5.98. The molecular weight excluding hydrogens is 498 g/mol. The van der Waals surface area contributed by atoms with Crippen molar-refractivity contribution >= 4 is 23.3 Å². The molecule has 1 fully saturated rings. The summed E-state index contributed by atoms with van der Waals surface area (Å²) in [5.74, 6) is 8.41. The van der Waals surface area contributed by atoms with Gasteiger partial charge in [-0.15, -0.1) is 0 Å². The van der Waals surface area contributed by atoms with Crippen molar-refractivity contribution in [1.82, 2.24) is 24.7 Å². The van der Waals surface area contributed by atoms with Crippen molar-refractivity contribution in [3.63, 3.8) is 0 Å². The molecule has 11 heteroatoms. The molecule has 5 rings (SSSR count). The Kier molecular flexibility index (Phi) is 7.76. The van der Waals surface area contributed by atoms with Crippen LogP contribution < -0.4 is 15.4 Å². The number of benzene rings is 1. The number of hydrogen-bond donors (Lipinski definition) is 2. The molecule has 1 saturated heterocycles. The minimum absolute atomic E-state index is 0.210. The molecule has 0 unspecified atom stereocenters. The van der Waals surface area contributed by atoms with Gasteiger partial charge in [0.05, 0.1) is 25.6 Å². The van der Waals surface area contributed by atoms with Crippen LogP contribution >= 0.6 is 0 Å². The average Bonchev–Trinajstić information content (AvgIpc) is 3.55. The number of rotatable bonds is 6. The van der Waals surface area contributed by atoms with Crippen LogP contribution in [0.15, 0.2) is 53.3 Å². The molecule has 2 amide bonds. The maximum Gasteiger partial charge on any atom is 0.326 e. The second-order valence-electron chi connectivity index (χ2n) is 10.2. The Labute approximate surface area is 226 Å². The fraction of sp³-hybridized carbons (Fsp3) is 0.357. The fourth-order valence-corrected chi connectivity index (χ4v) is 3.85. The molecule has 0 bridgehead atoms. The number of anilines is 2. The maximum absolute atomic E-state index is 12.4. The smallest absolute Gasteiger partial charge is 0.326 e.